The highest BCUT2D eigenvalue weighted by Gasteiger charge is 2.70. The molecule has 1 unspecified atom stereocenters. The average molecular weight is 541 g/mol. The van der Waals surface area contributed by atoms with E-state index in [2.05, 4.69) is 55.0 Å². The summed E-state index contributed by atoms with van der Waals surface area (Å²) in [6, 6.07) is 0. The van der Waals surface area contributed by atoms with Crippen molar-refractivity contribution in [2.24, 2.45) is 56.7 Å². The van der Waals surface area contributed by atoms with E-state index in [1.807, 2.05) is 0 Å². The van der Waals surface area contributed by atoms with Crippen LogP contribution in [0.5, 0.6) is 0 Å². The number of hydrogen-bond acceptors (Lipinski definition) is 3. The van der Waals surface area contributed by atoms with Crippen molar-refractivity contribution >= 4 is 11.9 Å². The number of ether oxygens (including phenoxy) is 1. The summed E-state index contributed by atoms with van der Waals surface area (Å²) in [6.45, 7) is 22.1. The van der Waals surface area contributed by atoms with Gasteiger partial charge in [-0.05, 0) is 129 Å². The van der Waals surface area contributed by atoms with E-state index in [9.17, 15) is 9.59 Å². The molecule has 10 atom stereocenters. The number of allylic oxidation sites excluding steroid dienone is 1. The van der Waals surface area contributed by atoms with E-state index in [0.29, 0.717) is 40.4 Å². The van der Waals surface area contributed by atoms with Crippen molar-refractivity contribution in [1.29, 1.82) is 0 Å². The van der Waals surface area contributed by atoms with Gasteiger partial charge in [-0.15, -0.1) is 0 Å². The van der Waals surface area contributed by atoms with Crippen molar-refractivity contribution in [2.45, 2.75) is 138 Å². The summed E-state index contributed by atoms with van der Waals surface area (Å²) in [6.07, 6.45) is 13.3. The first-order chi connectivity index (χ1) is 18.1. The largest absolute Gasteiger partial charge is 0.481 e. The molecule has 5 aliphatic carbocycles. The molecule has 0 heterocycles. The SMILES string of the molecule is C=C(C)[C@@H]1CC[C@]2(C)CC[C@]3(C)[C@H](CC[C@@H]4[C@@]5(C)CCC(OC(=O)CCCC(=O)O)C(C)(C)[C@@H]5CC[C@]43C)[C@@H]12. The molecule has 4 heteroatoms. The van der Waals surface area contributed by atoms with Gasteiger partial charge in [-0.2, -0.15) is 0 Å². The Balaban J connectivity index is 1.38. The Bertz CT molecular complexity index is 1010. The first kappa shape index (κ1) is 29.2. The molecular weight excluding hydrogens is 484 g/mol. The minimum absolute atomic E-state index is 0.0248. The van der Waals surface area contributed by atoms with Gasteiger partial charge in [-0.1, -0.05) is 53.7 Å². The van der Waals surface area contributed by atoms with Crippen LogP contribution in [0.15, 0.2) is 12.2 Å². The summed E-state index contributed by atoms with van der Waals surface area (Å²) < 4.78 is 6.10. The lowest BCUT2D eigenvalue weighted by Gasteiger charge is -2.73. The standard InChI is InChI=1S/C35H56O4/c1-22(2)23-14-17-32(5)20-21-34(7)24(30(23)32)12-13-26-33(6)18-16-27(39-29(38)11-9-10-28(36)37)31(3,4)25(33)15-19-35(26,34)8/h23-27,30H,1,9-21H2,2-8H3,(H,36,37)/t23-,24+,25-,26+,27?,30+,32+,33-,34+,35+/m0/s1. The maximum absolute atomic E-state index is 12.7. The molecule has 0 aromatic heterocycles. The number of rotatable bonds is 6. The lowest BCUT2D eigenvalue weighted by Crippen LogP contribution is -2.66. The fraction of sp³-hybridized carbons (Fsp3) is 0.886. The second kappa shape index (κ2) is 9.62. The van der Waals surface area contributed by atoms with E-state index in [1.165, 1.54) is 56.9 Å². The predicted octanol–water partition coefficient (Wildman–Crippen LogP) is 8.83. The molecule has 0 bridgehead atoms. The van der Waals surface area contributed by atoms with Crippen LogP contribution in [0.3, 0.4) is 0 Å². The van der Waals surface area contributed by atoms with Gasteiger partial charge >= 0.3 is 11.9 Å². The number of carboxylic acid groups (broad SMARTS) is 1. The van der Waals surface area contributed by atoms with Crippen LogP contribution in [0.4, 0.5) is 0 Å². The molecule has 1 N–H and O–H groups in total. The molecule has 0 amide bonds. The van der Waals surface area contributed by atoms with Gasteiger partial charge in [0, 0.05) is 18.3 Å². The molecule has 0 aromatic rings. The Morgan fingerprint density at radius 3 is 2.21 bits per heavy atom. The summed E-state index contributed by atoms with van der Waals surface area (Å²) >= 11 is 0. The van der Waals surface area contributed by atoms with Crippen LogP contribution in [0, 0.1) is 56.7 Å². The van der Waals surface area contributed by atoms with E-state index < -0.39 is 5.97 Å². The minimum Gasteiger partial charge on any atom is -0.481 e. The lowest BCUT2D eigenvalue weighted by atomic mass is 9.32. The maximum atomic E-state index is 12.7. The van der Waals surface area contributed by atoms with Gasteiger partial charge in [0.05, 0.1) is 0 Å². The summed E-state index contributed by atoms with van der Waals surface area (Å²) in [4.78, 5) is 23.5. The molecule has 0 aromatic carbocycles. The van der Waals surface area contributed by atoms with Gasteiger partial charge in [0.25, 0.3) is 0 Å². The number of aliphatic carboxylic acids is 1. The first-order valence-corrected chi connectivity index (χ1v) is 16.2. The third-order valence-corrected chi connectivity index (χ3v) is 14.5. The van der Waals surface area contributed by atoms with E-state index in [0.717, 1.165) is 24.7 Å². The molecule has 5 saturated carbocycles. The molecule has 0 saturated heterocycles. The quantitative estimate of drug-likeness (QED) is 0.270. The molecule has 4 nitrogen and oxygen atoms in total. The number of esters is 1. The number of fused-ring (bicyclic) bond motifs is 7. The molecule has 39 heavy (non-hydrogen) atoms. The maximum Gasteiger partial charge on any atom is 0.306 e. The fourth-order valence-corrected chi connectivity index (χ4v) is 12.3. The molecule has 0 spiro atoms. The van der Waals surface area contributed by atoms with Crippen LogP contribution in [-0.4, -0.2) is 23.1 Å². The van der Waals surface area contributed by atoms with Crippen molar-refractivity contribution < 1.29 is 19.4 Å². The van der Waals surface area contributed by atoms with Gasteiger partial charge in [0.15, 0.2) is 0 Å². The van der Waals surface area contributed by atoms with Gasteiger partial charge in [-0.25, -0.2) is 0 Å². The second-order valence-corrected chi connectivity index (χ2v) is 16.4. The Morgan fingerprint density at radius 1 is 0.821 bits per heavy atom. The Labute approximate surface area is 238 Å². The van der Waals surface area contributed by atoms with Crippen LogP contribution >= 0.6 is 0 Å². The number of carbonyl (C=O) groups excluding carboxylic acids is 1. The summed E-state index contributed by atoms with van der Waals surface area (Å²) in [5, 5.41) is 8.93. The first-order valence-electron chi connectivity index (χ1n) is 16.2. The van der Waals surface area contributed by atoms with E-state index in [1.54, 1.807) is 0 Å². The zero-order valence-corrected chi connectivity index (χ0v) is 26.0. The van der Waals surface area contributed by atoms with Crippen LogP contribution in [0.25, 0.3) is 0 Å². The smallest absolute Gasteiger partial charge is 0.306 e. The van der Waals surface area contributed by atoms with Crippen LogP contribution in [-0.2, 0) is 14.3 Å². The van der Waals surface area contributed by atoms with Crippen molar-refractivity contribution in [1.82, 2.24) is 0 Å². The van der Waals surface area contributed by atoms with Crippen molar-refractivity contribution in [3.8, 4) is 0 Å². The Kier molecular flexibility index (Phi) is 7.20. The van der Waals surface area contributed by atoms with Gasteiger partial charge in [0.2, 0.25) is 0 Å². The monoisotopic (exact) mass is 540 g/mol. The molecule has 5 rings (SSSR count). The summed E-state index contributed by atoms with van der Waals surface area (Å²) in [7, 11) is 0. The highest BCUT2D eigenvalue weighted by molar-refractivity contribution is 5.71. The normalized spacial score (nSPS) is 48.2. The highest BCUT2D eigenvalue weighted by atomic mass is 16.5. The van der Waals surface area contributed by atoms with Gasteiger partial charge in [0.1, 0.15) is 6.10 Å². The van der Waals surface area contributed by atoms with Gasteiger partial charge in [-0.3, -0.25) is 9.59 Å². The Hall–Kier alpha value is -1.32. The topological polar surface area (TPSA) is 63.6 Å². The number of hydrogen-bond donors (Lipinski definition) is 1. The van der Waals surface area contributed by atoms with Crippen LogP contribution in [0.2, 0.25) is 0 Å². The summed E-state index contributed by atoms with van der Waals surface area (Å²) in [5.74, 6) is 2.48. The lowest BCUT2D eigenvalue weighted by molar-refractivity contribution is -0.249. The molecule has 220 valence electrons. The van der Waals surface area contributed by atoms with Crippen molar-refractivity contribution in [3.05, 3.63) is 12.2 Å². The molecule has 5 aliphatic rings. The average Bonchev–Trinajstić information content (AvgIpc) is 3.19. The second-order valence-electron chi connectivity index (χ2n) is 16.4. The van der Waals surface area contributed by atoms with E-state index >= 15 is 0 Å². The molecule has 0 radical (unpaired) electrons. The molecule has 5 fully saturated rings. The molecule has 0 aliphatic heterocycles. The number of carboxylic acids is 1. The van der Waals surface area contributed by atoms with Crippen molar-refractivity contribution in [3.63, 3.8) is 0 Å². The van der Waals surface area contributed by atoms with Crippen molar-refractivity contribution in [2.75, 3.05) is 0 Å². The summed E-state index contributed by atoms with van der Waals surface area (Å²) in [5.41, 5.74) is 2.84. The van der Waals surface area contributed by atoms with Crippen LogP contribution in [0.1, 0.15) is 132 Å². The Morgan fingerprint density at radius 2 is 1.54 bits per heavy atom. The van der Waals surface area contributed by atoms with E-state index in [-0.39, 0.29) is 35.7 Å². The van der Waals surface area contributed by atoms with Crippen LogP contribution < -0.4 is 0 Å². The minimum atomic E-state index is -0.851. The van der Waals surface area contributed by atoms with Gasteiger partial charge < -0.3 is 9.84 Å². The third kappa shape index (κ3) is 4.27. The fourth-order valence-electron chi connectivity index (χ4n) is 12.3. The zero-order chi connectivity index (χ0) is 28.6. The predicted molar refractivity (Wildman–Crippen MR) is 156 cm³/mol. The zero-order valence-electron chi connectivity index (χ0n) is 26.0. The third-order valence-electron chi connectivity index (χ3n) is 14.5. The highest BCUT2D eigenvalue weighted by Crippen LogP contribution is 2.77. The molecular formula is C35H56O4. The van der Waals surface area contributed by atoms with E-state index in [4.69, 9.17) is 9.84 Å². The number of carbonyl (C=O) groups is 2.